The number of nitrogens with one attached hydrogen (secondary N) is 1. The summed E-state index contributed by atoms with van der Waals surface area (Å²) < 4.78 is 4.73. The number of carbonyl (C=O) groups is 2. The summed E-state index contributed by atoms with van der Waals surface area (Å²) in [5.74, 6) is 0.279. The number of fused-ring (bicyclic) bond motifs is 6. The third-order valence-electron chi connectivity index (χ3n) is 12.0. The van der Waals surface area contributed by atoms with Crippen molar-refractivity contribution in [3.63, 3.8) is 0 Å². The summed E-state index contributed by atoms with van der Waals surface area (Å²) in [6.45, 7) is 2.07. The van der Waals surface area contributed by atoms with Gasteiger partial charge in [0.1, 0.15) is 18.9 Å². The van der Waals surface area contributed by atoms with Crippen molar-refractivity contribution in [2.24, 2.45) is 0 Å². The first-order valence-electron chi connectivity index (χ1n) is 22.0. The third-order valence-corrected chi connectivity index (χ3v) is 12.0. The van der Waals surface area contributed by atoms with Gasteiger partial charge in [0, 0.05) is 95.4 Å². The highest BCUT2D eigenvalue weighted by Crippen LogP contribution is 2.35. The summed E-state index contributed by atoms with van der Waals surface area (Å²) in [6, 6.07) is 45.3. The smallest absolute Gasteiger partial charge is 0.220 e. The van der Waals surface area contributed by atoms with E-state index in [0.29, 0.717) is 32.2 Å². The Kier molecular flexibility index (Phi) is 12.9. The summed E-state index contributed by atoms with van der Waals surface area (Å²) in [7, 11) is 0. The Balaban J connectivity index is 0.796. The summed E-state index contributed by atoms with van der Waals surface area (Å²) in [5, 5.41) is 9.80. The number of unbranched alkanes of at least 4 members (excludes halogenated alkanes) is 4. The van der Waals surface area contributed by atoms with Crippen molar-refractivity contribution in [2.75, 3.05) is 29.5 Å². The fraction of sp³-hybridized carbons (Fsp3) is 0.245. The van der Waals surface area contributed by atoms with Crippen molar-refractivity contribution in [3.8, 4) is 22.5 Å². The minimum Gasteiger partial charge on any atom is -0.399 e. The number of benzene rings is 6. The molecule has 8 aromatic rings. The van der Waals surface area contributed by atoms with Gasteiger partial charge >= 0.3 is 0 Å². The van der Waals surface area contributed by atoms with Gasteiger partial charge in [-0.15, -0.1) is 0 Å². The average Bonchev–Trinajstić information content (AvgIpc) is 3.27. The molecular weight excluding hydrogens is 767 g/mol. The van der Waals surface area contributed by atoms with Gasteiger partial charge in [0.15, 0.2) is 0 Å². The van der Waals surface area contributed by atoms with Gasteiger partial charge in [0.05, 0.1) is 21.5 Å². The first-order chi connectivity index (χ1) is 30.2. The van der Waals surface area contributed by atoms with Crippen LogP contribution in [0, 0.1) is 0 Å². The van der Waals surface area contributed by atoms with Crippen molar-refractivity contribution >= 4 is 77.8 Å². The standard InChI is InChI=1S/C53H55N7O2/c54-38-21-25-43-45-27-23-40(56)34-49(45)59(52(47(43)32-38)36-14-5-1-6-15-36)30-11-3-9-18-42(61)19-13-29-58-51(62)20-10-4-12-31-60-50-35-41(57)24-28-46(50)44-26-22-39(55)33-48(44)53(60)37-16-7-2-8-17-37/h1-2,5-8,14-17,21-28,32-35,56-57H,3-4,9-13,18-20,29-31,54-55H2,(H,58,62)/p+2. The summed E-state index contributed by atoms with van der Waals surface area (Å²) in [5.41, 5.74) is 34.8. The number of anilines is 4. The highest BCUT2D eigenvalue weighted by Gasteiger charge is 2.25. The number of nitrogens with zero attached hydrogens (tertiary/aromatic N) is 2. The number of nitrogens with two attached hydrogens (primary N) is 4. The highest BCUT2D eigenvalue weighted by molar-refractivity contribution is 6.11. The zero-order chi connectivity index (χ0) is 43.0. The molecule has 314 valence electrons. The van der Waals surface area contributed by atoms with Crippen LogP contribution >= 0.6 is 0 Å². The number of hydrogen-bond donors (Lipinski definition) is 5. The largest absolute Gasteiger partial charge is 0.399 e. The van der Waals surface area contributed by atoms with Crippen LogP contribution in [0.3, 0.4) is 0 Å². The van der Waals surface area contributed by atoms with Crippen molar-refractivity contribution in [2.45, 2.75) is 77.3 Å². The molecule has 0 aliphatic heterocycles. The number of hydrogen-bond acceptors (Lipinski definition) is 6. The van der Waals surface area contributed by atoms with Crippen molar-refractivity contribution < 1.29 is 18.7 Å². The second-order valence-electron chi connectivity index (χ2n) is 16.5. The Labute approximate surface area is 363 Å². The molecule has 0 spiro atoms. The van der Waals surface area contributed by atoms with E-state index in [1.54, 1.807) is 0 Å². The highest BCUT2D eigenvalue weighted by atomic mass is 16.1. The number of ketones is 1. The predicted molar refractivity (Wildman–Crippen MR) is 256 cm³/mol. The summed E-state index contributed by atoms with van der Waals surface area (Å²) in [6.07, 6.45) is 7.39. The zero-order valence-electron chi connectivity index (χ0n) is 35.4. The monoisotopic (exact) mass is 823 g/mol. The van der Waals surface area contributed by atoms with Gasteiger partial charge in [0.2, 0.25) is 28.3 Å². The molecule has 0 atom stereocenters. The van der Waals surface area contributed by atoms with Gasteiger partial charge in [-0.3, -0.25) is 9.59 Å². The maximum absolute atomic E-state index is 12.9. The van der Waals surface area contributed by atoms with E-state index in [9.17, 15) is 9.59 Å². The number of amides is 1. The van der Waals surface area contributed by atoms with Crippen LogP contribution in [0.15, 0.2) is 133 Å². The van der Waals surface area contributed by atoms with Crippen LogP contribution < -0.4 is 37.4 Å². The number of carbonyl (C=O) groups excluding carboxylic acids is 2. The minimum absolute atomic E-state index is 0.0347. The number of aryl methyl sites for hydroxylation is 2. The molecule has 2 aromatic heterocycles. The van der Waals surface area contributed by atoms with Crippen LogP contribution in [0.5, 0.6) is 0 Å². The molecule has 0 saturated carbocycles. The van der Waals surface area contributed by atoms with Crippen molar-refractivity contribution in [3.05, 3.63) is 133 Å². The SMILES string of the molecule is Nc1ccc2c(c1)c(-c1ccccc1)[n+](CCCCCC(=O)CCCNC(=O)CCCCC[n+]1c(-c3ccccc3)c3cc(N)ccc3c3ccc(N)cc31)c1cc(N)ccc21. The first kappa shape index (κ1) is 41.7. The molecule has 0 aliphatic rings. The number of nitrogen functional groups attached to an aromatic ring is 4. The fourth-order valence-corrected chi connectivity index (χ4v) is 9.02. The fourth-order valence-electron chi connectivity index (χ4n) is 9.02. The maximum Gasteiger partial charge on any atom is 0.220 e. The topological polar surface area (TPSA) is 158 Å². The first-order valence-corrected chi connectivity index (χ1v) is 22.0. The molecule has 6 aromatic carbocycles. The predicted octanol–water partition coefficient (Wildman–Crippen LogP) is 9.82. The van der Waals surface area contributed by atoms with E-state index >= 15 is 0 Å². The molecule has 62 heavy (non-hydrogen) atoms. The molecule has 0 saturated heterocycles. The molecular formula is C53H57N7O2+2. The molecule has 0 bridgehead atoms. The number of Topliss-reactive ketones (excluding diaryl/α,β-unsaturated/α-hetero) is 1. The maximum atomic E-state index is 12.9. The normalized spacial score (nSPS) is 11.5. The number of aromatic nitrogens is 2. The van der Waals surface area contributed by atoms with Crippen LogP contribution in [0.1, 0.15) is 64.2 Å². The zero-order valence-corrected chi connectivity index (χ0v) is 35.4. The van der Waals surface area contributed by atoms with Gasteiger partial charge in [-0.1, -0.05) is 48.5 Å². The van der Waals surface area contributed by atoms with Crippen molar-refractivity contribution in [1.82, 2.24) is 5.32 Å². The minimum atomic E-state index is 0.0347. The van der Waals surface area contributed by atoms with E-state index in [-0.39, 0.29) is 11.7 Å². The van der Waals surface area contributed by atoms with Crippen molar-refractivity contribution in [1.29, 1.82) is 0 Å². The number of pyridine rings is 2. The lowest BCUT2D eigenvalue weighted by molar-refractivity contribution is -0.660. The number of rotatable bonds is 18. The molecule has 9 nitrogen and oxygen atoms in total. The van der Waals surface area contributed by atoms with Crippen LogP contribution in [-0.4, -0.2) is 18.2 Å². The van der Waals surface area contributed by atoms with E-state index in [0.717, 1.165) is 140 Å². The van der Waals surface area contributed by atoms with Gasteiger partial charge in [-0.05, 0) is 105 Å². The Bertz CT molecular complexity index is 2700. The molecule has 0 radical (unpaired) electrons. The Morgan fingerprint density at radius 3 is 1.32 bits per heavy atom. The molecule has 2 heterocycles. The molecule has 8 rings (SSSR count). The average molecular weight is 824 g/mol. The molecule has 0 unspecified atom stereocenters. The van der Waals surface area contributed by atoms with E-state index in [2.05, 4.69) is 112 Å². The summed E-state index contributed by atoms with van der Waals surface area (Å²) >= 11 is 0. The third kappa shape index (κ3) is 9.32. The second-order valence-corrected chi connectivity index (χ2v) is 16.5. The lowest BCUT2D eigenvalue weighted by atomic mass is 9.98. The van der Waals surface area contributed by atoms with Gasteiger partial charge in [-0.25, -0.2) is 0 Å². The van der Waals surface area contributed by atoms with Gasteiger partial charge in [0.25, 0.3) is 0 Å². The second kappa shape index (κ2) is 19.1. The van der Waals surface area contributed by atoms with Crippen LogP contribution in [0.4, 0.5) is 22.7 Å². The van der Waals surface area contributed by atoms with Crippen LogP contribution in [-0.2, 0) is 22.7 Å². The molecule has 1 amide bonds. The quantitative estimate of drug-likeness (QED) is 0.0251. The molecule has 0 fully saturated rings. The van der Waals surface area contributed by atoms with Crippen LogP contribution in [0.25, 0.3) is 65.9 Å². The van der Waals surface area contributed by atoms with E-state index < -0.39 is 0 Å². The molecule has 0 aliphatic carbocycles. The van der Waals surface area contributed by atoms with E-state index in [4.69, 9.17) is 22.9 Å². The van der Waals surface area contributed by atoms with Gasteiger partial charge in [-0.2, -0.15) is 9.13 Å². The van der Waals surface area contributed by atoms with Crippen LogP contribution in [0.2, 0.25) is 0 Å². The van der Waals surface area contributed by atoms with E-state index in [1.165, 1.54) is 0 Å². The summed E-state index contributed by atoms with van der Waals surface area (Å²) in [4.78, 5) is 25.6. The van der Waals surface area contributed by atoms with Gasteiger partial charge < -0.3 is 28.3 Å². The molecule has 9 heteroatoms. The lowest BCUT2D eigenvalue weighted by Crippen LogP contribution is -2.38. The van der Waals surface area contributed by atoms with E-state index in [1.807, 2.05) is 36.4 Å². The Morgan fingerprint density at radius 2 is 0.839 bits per heavy atom. The Morgan fingerprint density at radius 1 is 0.419 bits per heavy atom. The Hall–Kier alpha value is -7.00. The lowest BCUT2D eigenvalue weighted by Gasteiger charge is -2.13. The molecule has 9 N–H and O–H groups in total.